The van der Waals surface area contributed by atoms with Crippen molar-refractivity contribution in [2.45, 2.75) is 19.9 Å². The summed E-state index contributed by atoms with van der Waals surface area (Å²) in [5.74, 6) is 0.443. The highest BCUT2D eigenvalue weighted by molar-refractivity contribution is 5.92. The summed E-state index contributed by atoms with van der Waals surface area (Å²) in [6.07, 6.45) is 1.55. The van der Waals surface area contributed by atoms with E-state index in [1.165, 1.54) is 0 Å². The first-order valence-electron chi connectivity index (χ1n) is 7.36. The van der Waals surface area contributed by atoms with Crippen LogP contribution >= 0.6 is 0 Å². The summed E-state index contributed by atoms with van der Waals surface area (Å²) in [4.78, 5) is 20.4. The molecule has 3 rings (SSSR count). The molecule has 0 radical (unpaired) electrons. The van der Waals surface area contributed by atoms with Gasteiger partial charge in [-0.25, -0.2) is 14.8 Å². The van der Waals surface area contributed by atoms with Gasteiger partial charge in [0.2, 0.25) is 0 Å². The summed E-state index contributed by atoms with van der Waals surface area (Å²) in [5, 5.41) is 13.2. The van der Waals surface area contributed by atoms with E-state index in [9.17, 15) is 9.90 Å². The number of hydrogen-bond donors (Lipinski definition) is 2. The molecule has 2 N–H and O–H groups in total. The quantitative estimate of drug-likeness (QED) is 0.750. The van der Waals surface area contributed by atoms with E-state index in [2.05, 4.69) is 15.3 Å². The number of fused-ring (bicyclic) bond motifs is 1. The fraction of sp³-hybridized carbons (Fsp3) is 0.235. The van der Waals surface area contributed by atoms with Gasteiger partial charge in [0, 0.05) is 5.39 Å². The van der Waals surface area contributed by atoms with Gasteiger partial charge in [0.05, 0.1) is 11.8 Å². The first kappa shape index (κ1) is 15.0. The number of benzene rings is 1. The third-order valence-electron chi connectivity index (χ3n) is 3.57. The number of para-hydroxylation sites is 1. The Labute approximate surface area is 133 Å². The van der Waals surface area contributed by atoms with Gasteiger partial charge in [-0.05, 0) is 30.2 Å². The SMILES string of the molecule is CC(C)C(Nc1nc(-c2ccco2)nc2ccccc12)C(=O)O. The minimum Gasteiger partial charge on any atom is -0.480 e. The molecule has 6 heteroatoms. The third-order valence-corrected chi connectivity index (χ3v) is 3.57. The van der Waals surface area contributed by atoms with E-state index in [1.54, 1.807) is 18.4 Å². The molecule has 0 aliphatic heterocycles. The number of anilines is 1. The predicted octanol–water partition coefficient (Wildman–Crippen LogP) is 3.41. The number of nitrogens with one attached hydrogen (secondary N) is 1. The van der Waals surface area contributed by atoms with E-state index >= 15 is 0 Å². The molecule has 3 aromatic rings. The zero-order chi connectivity index (χ0) is 16.4. The van der Waals surface area contributed by atoms with Crippen molar-refractivity contribution in [1.29, 1.82) is 0 Å². The van der Waals surface area contributed by atoms with Crippen LogP contribution in [0.15, 0.2) is 47.1 Å². The molecule has 0 aliphatic carbocycles. The van der Waals surface area contributed by atoms with Gasteiger partial charge in [-0.3, -0.25) is 0 Å². The highest BCUT2D eigenvalue weighted by Gasteiger charge is 2.23. The second kappa shape index (κ2) is 6.08. The van der Waals surface area contributed by atoms with Gasteiger partial charge in [0.15, 0.2) is 11.6 Å². The van der Waals surface area contributed by atoms with Crippen LogP contribution in [-0.2, 0) is 4.79 Å². The van der Waals surface area contributed by atoms with E-state index in [0.717, 1.165) is 10.9 Å². The summed E-state index contributed by atoms with van der Waals surface area (Å²) < 4.78 is 5.35. The molecule has 118 valence electrons. The average Bonchev–Trinajstić information content (AvgIpc) is 3.06. The van der Waals surface area contributed by atoms with Gasteiger partial charge >= 0.3 is 5.97 Å². The smallest absolute Gasteiger partial charge is 0.326 e. The Morgan fingerprint density at radius 2 is 1.96 bits per heavy atom. The summed E-state index contributed by atoms with van der Waals surface area (Å²) in [6, 6.07) is 10.3. The van der Waals surface area contributed by atoms with E-state index in [-0.39, 0.29) is 5.92 Å². The van der Waals surface area contributed by atoms with Crippen LogP contribution in [0.5, 0.6) is 0 Å². The largest absolute Gasteiger partial charge is 0.480 e. The number of carboxylic acid groups (broad SMARTS) is 1. The molecule has 2 aromatic heterocycles. The Hall–Kier alpha value is -2.89. The number of furan rings is 1. The first-order valence-corrected chi connectivity index (χ1v) is 7.36. The maximum atomic E-state index is 11.5. The molecule has 0 fully saturated rings. The van der Waals surface area contributed by atoms with Crippen LogP contribution in [0.2, 0.25) is 0 Å². The summed E-state index contributed by atoms with van der Waals surface area (Å²) in [7, 11) is 0. The van der Waals surface area contributed by atoms with Gasteiger partial charge in [0.1, 0.15) is 11.9 Å². The van der Waals surface area contributed by atoms with Gasteiger partial charge in [-0.15, -0.1) is 0 Å². The molecule has 23 heavy (non-hydrogen) atoms. The number of nitrogens with zero attached hydrogens (tertiary/aromatic N) is 2. The highest BCUT2D eigenvalue weighted by atomic mass is 16.4. The third kappa shape index (κ3) is 3.01. The Morgan fingerprint density at radius 1 is 1.17 bits per heavy atom. The van der Waals surface area contributed by atoms with E-state index in [4.69, 9.17) is 4.42 Å². The first-order chi connectivity index (χ1) is 11.1. The van der Waals surface area contributed by atoms with Gasteiger partial charge in [0.25, 0.3) is 0 Å². The maximum absolute atomic E-state index is 11.5. The van der Waals surface area contributed by atoms with Crippen molar-refractivity contribution in [2.75, 3.05) is 5.32 Å². The summed E-state index contributed by atoms with van der Waals surface area (Å²) >= 11 is 0. The Balaban J connectivity index is 2.12. The van der Waals surface area contributed by atoms with Gasteiger partial charge in [-0.2, -0.15) is 0 Å². The topological polar surface area (TPSA) is 88.3 Å². The number of carboxylic acids is 1. The molecule has 1 aromatic carbocycles. The summed E-state index contributed by atoms with van der Waals surface area (Å²) in [5.41, 5.74) is 0.726. The number of aromatic nitrogens is 2. The molecule has 0 bridgehead atoms. The van der Waals surface area contributed by atoms with Crippen LogP contribution in [0.25, 0.3) is 22.5 Å². The lowest BCUT2D eigenvalue weighted by Gasteiger charge is -2.19. The fourth-order valence-corrected chi connectivity index (χ4v) is 2.36. The Kier molecular flexibility index (Phi) is 3.97. The molecule has 1 atom stereocenters. The van der Waals surface area contributed by atoms with Crippen molar-refractivity contribution >= 4 is 22.7 Å². The minimum absolute atomic E-state index is 0.0895. The molecule has 0 aliphatic rings. The van der Waals surface area contributed by atoms with Crippen molar-refractivity contribution in [3.8, 4) is 11.6 Å². The molecule has 2 heterocycles. The molecule has 0 saturated carbocycles. The molecular formula is C17H17N3O3. The van der Waals surface area contributed by atoms with Crippen molar-refractivity contribution in [2.24, 2.45) is 5.92 Å². The monoisotopic (exact) mass is 311 g/mol. The van der Waals surface area contributed by atoms with Crippen molar-refractivity contribution in [3.63, 3.8) is 0 Å². The van der Waals surface area contributed by atoms with Crippen molar-refractivity contribution in [3.05, 3.63) is 42.7 Å². The predicted molar refractivity (Wildman–Crippen MR) is 87.1 cm³/mol. The number of aliphatic carboxylic acids is 1. The minimum atomic E-state index is -0.915. The fourth-order valence-electron chi connectivity index (χ4n) is 2.36. The lowest BCUT2D eigenvalue weighted by Crippen LogP contribution is -2.34. The Bertz CT molecular complexity index is 828. The summed E-state index contributed by atoms with van der Waals surface area (Å²) in [6.45, 7) is 3.70. The number of hydrogen-bond acceptors (Lipinski definition) is 5. The number of rotatable bonds is 5. The van der Waals surface area contributed by atoms with Crippen LogP contribution in [0.1, 0.15) is 13.8 Å². The van der Waals surface area contributed by atoms with Gasteiger partial charge in [-0.1, -0.05) is 26.0 Å². The lowest BCUT2D eigenvalue weighted by atomic mass is 10.0. The van der Waals surface area contributed by atoms with Crippen LogP contribution in [0, 0.1) is 5.92 Å². The van der Waals surface area contributed by atoms with Crippen LogP contribution in [-0.4, -0.2) is 27.1 Å². The van der Waals surface area contributed by atoms with Crippen molar-refractivity contribution < 1.29 is 14.3 Å². The average molecular weight is 311 g/mol. The second-order valence-corrected chi connectivity index (χ2v) is 5.59. The van der Waals surface area contributed by atoms with E-state index < -0.39 is 12.0 Å². The normalized spacial score (nSPS) is 12.5. The van der Waals surface area contributed by atoms with Crippen LogP contribution in [0.3, 0.4) is 0 Å². The molecule has 0 spiro atoms. The molecule has 0 saturated heterocycles. The molecule has 1 unspecified atom stereocenters. The Morgan fingerprint density at radius 3 is 2.61 bits per heavy atom. The number of carbonyl (C=O) groups is 1. The lowest BCUT2D eigenvalue weighted by molar-refractivity contribution is -0.138. The van der Waals surface area contributed by atoms with E-state index in [1.807, 2.05) is 38.1 Å². The maximum Gasteiger partial charge on any atom is 0.326 e. The standard InChI is InChI=1S/C17H17N3O3/c1-10(2)14(17(21)22)19-15-11-6-3-4-7-12(11)18-16(20-15)13-8-5-9-23-13/h3-10,14H,1-2H3,(H,21,22)(H,18,19,20). The van der Waals surface area contributed by atoms with Crippen molar-refractivity contribution in [1.82, 2.24) is 9.97 Å². The van der Waals surface area contributed by atoms with Gasteiger partial charge < -0.3 is 14.8 Å². The highest BCUT2D eigenvalue weighted by Crippen LogP contribution is 2.26. The van der Waals surface area contributed by atoms with E-state index in [0.29, 0.717) is 17.4 Å². The molecular weight excluding hydrogens is 294 g/mol. The zero-order valence-corrected chi connectivity index (χ0v) is 12.9. The second-order valence-electron chi connectivity index (χ2n) is 5.59. The molecule has 6 nitrogen and oxygen atoms in total. The van der Waals surface area contributed by atoms with Crippen LogP contribution in [0.4, 0.5) is 5.82 Å². The molecule has 0 amide bonds. The zero-order valence-electron chi connectivity index (χ0n) is 12.9. The van der Waals surface area contributed by atoms with Crippen LogP contribution < -0.4 is 5.32 Å².